The fourth-order valence-corrected chi connectivity index (χ4v) is 4.55. The van der Waals surface area contributed by atoms with Gasteiger partial charge >= 0.3 is 18.1 Å². The predicted molar refractivity (Wildman–Crippen MR) is 138 cm³/mol. The molecule has 1 aliphatic heterocycles. The predicted octanol–water partition coefficient (Wildman–Crippen LogP) is 3.08. The van der Waals surface area contributed by atoms with Crippen molar-refractivity contribution in [3.63, 3.8) is 0 Å². The monoisotopic (exact) mass is 595 g/mol. The number of alkyl halides is 3. The summed E-state index contributed by atoms with van der Waals surface area (Å²) >= 11 is 1.46. The standard InChI is InChI=1S/C24H23N3O6S.C2HF3O2/c28-19(12-27-24(31)22-9-16-10-26-7-5-21(16)34-22)15-3-4-20(33-14-23(29)30)17(8-15)13-32-18-2-1-6-25-11-18;3-2(4,5)1(6)7/h1-4,6,8-9,11,26H,5,7,10,12-14H2,(H,27,31)(H,29,30);(H,6,7). The molecule has 0 aliphatic carbocycles. The Morgan fingerprint density at radius 2 is 1.85 bits per heavy atom. The minimum absolute atomic E-state index is 0.0446. The molecule has 3 heterocycles. The number of hydrogen-bond acceptors (Lipinski definition) is 9. The maximum atomic E-state index is 12.8. The SMILES string of the molecule is O=C(O)C(F)(F)F.O=C(O)COc1ccc(C(=O)CNC(=O)c2cc3c(s2)CCNC3)cc1COc1cccnc1. The van der Waals surface area contributed by atoms with Gasteiger partial charge in [0.15, 0.2) is 12.4 Å². The van der Waals surface area contributed by atoms with Gasteiger partial charge in [-0.2, -0.15) is 13.2 Å². The third-order valence-corrected chi connectivity index (χ3v) is 6.61. The summed E-state index contributed by atoms with van der Waals surface area (Å²) in [6.07, 6.45) is -1.03. The average molecular weight is 596 g/mol. The molecule has 3 aromatic rings. The number of hydrogen-bond donors (Lipinski definition) is 4. The van der Waals surface area contributed by atoms with E-state index in [1.165, 1.54) is 28.3 Å². The summed E-state index contributed by atoms with van der Waals surface area (Å²) in [5.41, 5.74) is 1.98. The van der Waals surface area contributed by atoms with Crippen LogP contribution in [-0.4, -0.2) is 64.7 Å². The van der Waals surface area contributed by atoms with E-state index in [4.69, 9.17) is 24.5 Å². The van der Waals surface area contributed by atoms with Crippen molar-refractivity contribution in [1.82, 2.24) is 15.6 Å². The lowest BCUT2D eigenvalue weighted by atomic mass is 10.1. The largest absolute Gasteiger partial charge is 0.490 e. The molecular weight excluding hydrogens is 571 g/mol. The number of Topliss-reactive ketones (excluding diaryl/α,β-unsaturated/α-hetero) is 1. The number of thiophene rings is 1. The second-order valence-corrected chi connectivity index (χ2v) is 9.51. The van der Waals surface area contributed by atoms with Crippen LogP contribution in [0.4, 0.5) is 13.2 Å². The normalized spacial score (nSPS) is 12.3. The topological polar surface area (TPSA) is 164 Å². The van der Waals surface area contributed by atoms with Gasteiger partial charge in [0.2, 0.25) is 0 Å². The van der Waals surface area contributed by atoms with E-state index in [0.717, 1.165) is 25.1 Å². The van der Waals surface area contributed by atoms with Gasteiger partial charge in [0.05, 0.1) is 17.6 Å². The number of aromatic nitrogens is 1. The third-order valence-electron chi connectivity index (χ3n) is 5.38. The molecule has 4 N–H and O–H groups in total. The summed E-state index contributed by atoms with van der Waals surface area (Å²) in [7, 11) is 0. The van der Waals surface area contributed by atoms with E-state index in [1.54, 1.807) is 30.6 Å². The number of pyridine rings is 1. The Kier molecular flexibility index (Phi) is 10.8. The van der Waals surface area contributed by atoms with Gasteiger partial charge in [-0.05, 0) is 48.4 Å². The first-order valence-electron chi connectivity index (χ1n) is 11.9. The van der Waals surface area contributed by atoms with E-state index in [0.29, 0.717) is 27.5 Å². The minimum Gasteiger partial charge on any atom is -0.487 e. The molecule has 0 atom stereocenters. The number of benzene rings is 1. The maximum absolute atomic E-state index is 12.8. The molecule has 2 aromatic heterocycles. The van der Waals surface area contributed by atoms with E-state index in [-0.39, 0.29) is 24.8 Å². The van der Waals surface area contributed by atoms with Crippen LogP contribution in [-0.2, 0) is 29.2 Å². The number of halogens is 3. The Morgan fingerprint density at radius 1 is 1.10 bits per heavy atom. The number of ether oxygens (including phenoxy) is 2. The second kappa shape index (κ2) is 14.2. The molecule has 0 unspecified atom stereocenters. The number of ketones is 1. The summed E-state index contributed by atoms with van der Waals surface area (Å²) in [6, 6.07) is 9.97. The van der Waals surface area contributed by atoms with E-state index in [1.807, 2.05) is 6.07 Å². The van der Waals surface area contributed by atoms with Gasteiger partial charge in [0.25, 0.3) is 5.91 Å². The first-order valence-corrected chi connectivity index (χ1v) is 12.7. The van der Waals surface area contributed by atoms with Crippen LogP contribution < -0.4 is 20.1 Å². The highest BCUT2D eigenvalue weighted by Gasteiger charge is 2.38. The number of nitrogens with zero attached hydrogens (tertiary/aromatic N) is 1. The first kappa shape index (κ1) is 31.0. The van der Waals surface area contributed by atoms with Crippen molar-refractivity contribution in [3.05, 3.63) is 75.2 Å². The van der Waals surface area contributed by atoms with Gasteiger partial charge < -0.3 is 30.3 Å². The van der Waals surface area contributed by atoms with Crippen molar-refractivity contribution in [2.24, 2.45) is 0 Å². The molecule has 1 amide bonds. The molecule has 0 saturated carbocycles. The number of nitrogens with one attached hydrogen (secondary N) is 2. The zero-order valence-corrected chi connectivity index (χ0v) is 22.0. The second-order valence-electron chi connectivity index (χ2n) is 8.38. The van der Waals surface area contributed by atoms with E-state index in [9.17, 15) is 27.6 Å². The zero-order chi connectivity index (χ0) is 30.0. The Hall–Kier alpha value is -4.50. The molecule has 41 heavy (non-hydrogen) atoms. The number of carboxylic acids is 2. The molecule has 1 aromatic carbocycles. The van der Waals surface area contributed by atoms with Gasteiger partial charge in [0, 0.05) is 35.3 Å². The van der Waals surface area contributed by atoms with Crippen LogP contribution in [0.1, 0.15) is 36.0 Å². The van der Waals surface area contributed by atoms with Crippen molar-refractivity contribution in [2.75, 3.05) is 19.7 Å². The molecule has 218 valence electrons. The van der Waals surface area contributed by atoms with Crippen LogP contribution in [0.15, 0.2) is 48.8 Å². The van der Waals surface area contributed by atoms with Crippen molar-refractivity contribution in [2.45, 2.75) is 25.7 Å². The Balaban J connectivity index is 0.000000587. The van der Waals surface area contributed by atoms with Crippen molar-refractivity contribution in [3.8, 4) is 11.5 Å². The molecule has 0 bridgehead atoms. The summed E-state index contributed by atoms with van der Waals surface area (Å²) in [5, 5.41) is 22.0. The van der Waals surface area contributed by atoms with Crippen molar-refractivity contribution in [1.29, 1.82) is 0 Å². The van der Waals surface area contributed by atoms with Gasteiger partial charge in [-0.25, -0.2) is 9.59 Å². The lowest BCUT2D eigenvalue weighted by Gasteiger charge is -2.13. The van der Waals surface area contributed by atoms with Crippen LogP contribution in [0.25, 0.3) is 0 Å². The van der Waals surface area contributed by atoms with Gasteiger partial charge in [0.1, 0.15) is 18.1 Å². The number of carboxylic acid groups (broad SMARTS) is 2. The summed E-state index contributed by atoms with van der Waals surface area (Å²) < 4.78 is 42.8. The molecule has 0 fully saturated rings. The number of fused-ring (bicyclic) bond motifs is 1. The van der Waals surface area contributed by atoms with Gasteiger partial charge in [-0.1, -0.05) is 0 Å². The van der Waals surface area contributed by atoms with Crippen LogP contribution in [0.3, 0.4) is 0 Å². The fraction of sp³-hybridized carbons (Fsp3) is 0.269. The fourth-order valence-electron chi connectivity index (χ4n) is 3.45. The number of amides is 1. The lowest BCUT2D eigenvalue weighted by Crippen LogP contribution is -2.29. The summed E-state index contributed by atoms with van der Waals surface area (Å²) in [4.78, 5) is 50.9. The molecule has 15 heteroatoms. The lowest BCUT2D eigenvalue weighted by molar-refractivity contribution is -0.192. The summed E-state index contributed by atoms with van der Waals surface area (Å²) in [6.45, 7) is 0.995. The molecule has 0 spiro atoms. The van der Waals surface area contributed by atoms with Crippen molar-refractivity contribution < 1.29 is 52.0 Å². The molecule has 4 rings (SSSR count). The van der Waals surface area contributed by atoms with E-state index >= 15 is 0 Å². The quantitative estimate of drug-likeness (QED) is 0.256. The summed E-state index contributed by atoms with van der Waals surface area (Å²) in [5.74, 6) is -3.63. The first-order chi connectivity index (χ1) is 19.4. The Labute approximate surface area is 234 Å². The number of rotatable bonds is 10. The molecule has 11 nitrogen and oxygen atoms in total. The molecule has 1 aliphatic rings. The highest BCUT2D eigenvalue weighted by atomic mass is 32.1. The maximum Gasteiger partial charge on any atom is 0.490 e. The average Bonchev–Trinajstić information content (AvgIpc) is 3.38. The molecule has 0 saturated heterocycles. The van der Waals surface area contributed by atoms with E-state index < -0.39 is 24.7 Å². The number of aliphatic carboxylic acids is 2. The van der Waals surface area contributed by atoms with Crippen LogP contribution in [0, 0.1) is 0 Å². The van der Waals surface area contributed by atoms with Gasteiger partial charge in [-0.3, -0.25) is 14.6 Å². The smallest absolute Gasteiger partial charge is 0.487 e. The third kappa shape index (κ3) is 9.58. The minimum atomic E-state index is -5.08. The highest BCUT2D eigenvalue weighted by Crippen LogP contribution is 2.26. The Morgan fingerprint density at radius 3 is 2.49 bits per heavy atom. The Bertz CT molecular complexity index is 1370. The zero-order valence-electron chi connectivity index (χ0n) is 21.2. The van der Waals surface area contributed by atoms with Crippen molar-refractivity contribution >= 4 is 35.0 Å². The molecular formula is C26H24F3N3O8S. The van der Waals surface area contributed by atoms with Crippen LogP contribution in [0.2, 0.25) is 0 Å². The van der Waals surface area contributed by atoms with Gasteiger partial charge in [-0.15, -0.1) is 11.3 Å². The molecule has 0 radical (unpaired) electrons. The number of carbonyl (C=O) groups excluding carboxylic acids is 2. The number of carbonyl (C=O) groups is 4. The van der Waals surface area contributed by atoms with E-state index in [2.05, 4.69) is 15.6 Å². The highest BCUT2D eigenvalue weighted by molar-refractivity contribution is 7.14. The van der Waals surface area contributed by atoms with Crippen LogP contribution in [0.5, 0.6) is 11.5 Å². The van der Waals surface area contributed by atoms with Crippen LogP contribution >= 0.6 is 11.3 Å².